The highest BCUT2D eigenvalue weighted by Crippen LogP contribution is 2.34. The number of ether oxygens (including phenoxy) is 1. The van der Waals surface area contributed by atoms with Gasteiger partial charge in [-0.2, -0.15) is 0 Å². The highest BCUT2D eigenvalue weighted by atomic mass is 16.5. The predicted octanol–water partition coefficient (Wildman–Crippen LogP) is 3.72. The van der Waals surface area contributed by atoms with Crippen LogP contribution in [0.3, 0.4) is 0 Å². The molecule has 0 aromatic heterocycles. The van der Waals surface area contributed by atoms with Gasteiger partial charge in [0.15, 0.2) is 0 Å². The summed E-state index contributed by atoms with van der Waals surface area (Å²) in [5.41, 5.74) is 1.43. The summed E-state index contributed by atoms with van der Waals surface area (Å²) in [6.45, 7) is 3.36. The molecular formula is C16H25NO. The molecule has 1 N–H and O–H groups in total. The minimum atomic E-state index is 0.644. The van der Waals surface area contributed by atoms with Gasteiger partial charge in [0.05, 0.1) is 7.11 Å². The number of hydrogen-bond donors (Lipinski definition) is 1. The van der Waals surface area contributed by atoms with Crippen molar-refractivity contribution in [1.82, 2.24) is 5.32 Å². The smallest absolute Gasteiger partial charge is 0.119 e. The molecule has 18 heavy (non-hydrogen) atoms. The lowest BCUT2D eigenvalue weighted by Crippen LogP contribution is -2.37. The van der Waals surface area contributed by atoms with Gasteiger partial charge in [0, 0.05) is 6.04 Å². The van der Waals surface area contributed by atoms with E-state index >= 15 is 0 Å². The maximum atomic E-state index is 5.34. The van der Waals surface area contributed by atoms with Gasteiger partial charge in [-0.25, -0.2) is 0 Å². The highest BCUT2D eigenvalue weighted by Gasteiger charge is 2.25. The Hall–Kier alpha value is -1.02. The van der Waals surface area contributed by atoms with Crippen LogP contribution < -0.4 is 10.1 Å². The fraction of sp³-hybridized carbons (Fsp3) is 0.625. The summed E-state index contributed by atoms with van der Waals surface area (Å²) in [5, 5.41) is 3.72. The van der Waals surface area contributed by atoms with Gasteiger partial charge in [-0.05, 0) is 49.4 Å². The quantitative estimate of drug-likeness (QED) is 0.856. The van der Waals surface area contributed by atoms with Gasteiger partial charge < -0.3 is 10.1 Å². The molecule has 0 bridgehead atoms. The fourth-order valence-corrected chi connectivity index (χ4v) is 2.98. The van der Waals surface area contributed by atoms with E-state index in [1.54, 1.807) is 7.11 Å². The van der Waals surface area contributed by atoms with Gasteiger partial charge in [-0.3, -0.25) is 0 Å². The van der Waals surface area contributed by atoms with Crippen molar-refractivity contribution in [2.75, 3.05) is 13.7 Å². The Morgan fingerprint density at radius 2 is 2.11 bits per heavy atom. The van der Waals surface area contributed by atoms with E-state index in [1.807, 2.05) is 6.07 Å². The van der Waals surface area contributed by atoms with Crippen LogP contribution in [-0.4, -0.2) is 19.7 Å². The maximum Gasteiger partial charge on any atom is 0.119 e. The fourth-order valence-electron chi connectivity index (χ4n) is 2.98. The molecule has 0 heterocycles. The van der Waals surface area contributed by atoms with Gasteiger partial charge in [-0.15, -0.1) is 0 Å². The topological polar surface area (TPSA) is 21.3 Å². The van der Waals surface area contributed by atoms with E-state index in [9.17, 15) is 0 Å². The van der Waals surface area contributed by atoms with Crippen LogP contribution in [0.15, 0.2) is 24.3 Å². The van der Waals surface area contributed by atoms with Crippen LogP contribution in [0, 0.1) is 0 Å². The van der Waals surface area contributed by atoms with Crippen molar-refractivity contribution >= 4 is 0 Å². The van der Waals surface area contributed by atoms with E-state index < -0.39 is 0 Å². The van der Waals surface area contributed by atoms with Crippen molar-refractivity contribution in [1.29, 1.82) is 0 Å². The average molecular weight is 247 g/mol. The minimum absolute atomic E-state index is 0.644. The standard InChI is InChI=1S/C16H25NO/c1-3-11-17-16-10-5-4-9-15(16)13-7-6-8-14(12-13)18-2/h6-8,12,15-17H,3-5,9-11H2,1-2H3/t15-,16-/m0/s1. The van der Waals surface area contributed by atoms with E-state index in [4.69, 9.17) is 4.74 Å². The van der Waals surface area contributed by atoms with Crippen LogP contribution in [-0.2, 0) is 0 Å². The summed E-state index contributed by atoms with van der Waals surface area (Å²) in [6, 6.07) is 9.24. The van der Waals surface area contributed by atoms with Crippen LogP contribution in [0.1, 0.15) is 50.5 Å². The Labute approximate surface area is 111 Å². The third-order valence-corrected chi connectivity index (χ3v) is 3.94. The number of benzene rings is 1. The van der Waals surface area contributed by atoms with Crippen LogP contribution in [0.2, 0.25) is 0 Å². The van der Waals surface area contributed by atoms with E-state index in [1.165, 1.54) is 37.7 Å². The first-order valence-corrected chi connectivity index (χ1v) is 7.22. The molecule has 2 rings (SSSR count). The minimum Gasteiger partial charge on any atom is -0.497 e. The summed E-state index contributed by atoms with van der Waals surface area (Å²) < 4.78 is 5.34. The second kappa shape index (κ2) is 6.79. The van der Waals surface area contributed by atoms with Crippen LogP contribution >= 0.6 is 0 Å². The first-order valence-electron chi connectivity index (χ1n) is 7.22. The van der Waals surface area contributed by atoms with Crippen molar-refractivity contribution in [3.63, 3.8) is 0 Å². The molecule has 1 aromatic carbocycles. The van der Waals surface area contributed by atoms with Crippen LogP contribution in [0.4, 0.5) is 0 Å². The lowest BCUT2D eigenvalue weighted by atomic mass is 9.80. The van der Waals surface area contributed by atoms with Gasteiger partial charge in [0.2, 0.25) is 0 Å². The zero-order chi connectivity index (χ0) is 12.8. The highest BCUT2D eigenvalue weighted by molar-refractivity contribution is 5.32. The maximum absolute atomic E-state index is 5.34. The van der Waals surface area contributed by atoms with Crippen molar-refractivity contribution in [3.8, 4) is 5.75 Å². The lowest BCUT2D eigenvalue weighted by molar-refractivity contribution is 0.327. The van der Waals surface area contributed by atoms with Crippen molar-refractivity contribution in [2.24, 2.45) is 0 Å². The van der Waals surface area contributed by atoms with E-state index in [-0.39, 0.29) is 0 Å². The molecule has 0 spiro atoms. The molecule has 0 saturated heterocycles. The molecule has 2 heteroatoms. The Balaban J connectivity index is 2.11. The van der Waals surface area contributed by atoms with Gasteiger partial charge in [0.1, 0.15) is 5.75 Å². The van der Waals surface area contributed by atoms with Gasteiger partial charge in [0.25, 0.3) is 0 Å². The molecule has 1 aromatic rings. The molecule has 100 valence electrons. The molecule has 0 unspecified atom stereocenters. The summed E-state index contributed by atoms with van der Waals surface area (Å²) in [7, 11) is 1.74. The van der Waals surface area contributed by atoms with E-state index in [0.717, 1.165) is 12.3 Å². The third-order valence-electron chi connectivity index (χ3n) is 3.94. The second-order valence-corrected chi connectivity index (χ2v) is 5.23. The SMILES string of the molecule is CCCN[C@H]1CCCC[C@H]1c1cccc(OC)c1. The van der Waals surface area contributed by atoms with E-state index in [0.29, 0.717) is 12.0 Å². The zero-order valence-electron chi connectivity index (χ0n) is 11.6. The molecule has 0 aliphatic heterocycles. The second-order valence-electron chi connectivity index (χ2n) is 5.23. The number of methoxy groups -OCH3 is 1. The third kappa shape index (κ3) is 3.26. The number of nitrogens with one attached hydrogen (secondary N) is 1. The normalized spacial score (nSPS) is 23.9. The molecule has 0 radical (unpaired) electrons. The first kappa shape index (κ1) is 13.4. The first-order chi connectivity index (χ1) is 8.85. The van der Waals surface area contributed by atoms with Crippen molar-refractivity contribution in [3.05, 3.63) is 29.8 Å². The van der Waals surface area contributed by atoms with Crippen LogP contribution in [0.5, 0.6) is 5.75 Å². The summed E-state index contributed by atoms with van der Waals surface area (Å²) in [6.07, 6.45) is 6.53. The molecule has 0 amide bonds. The predicted molar refractivity (Wildman–Crippen MR) is 76.3 cm³/mol. The van der Waals surface area contributed by atoms with Crippen molar-refractivity contribution in [2.45, 2.75) is 51.0 Å². The number of hydrogen-bond acceptors (Lipinski definition) is 2. The summed E-state index contributed by atoms with van der Waals surface area (Å²) >= 11 is 0. The van der Waals surface area contributed by atoms with Gasteiger partial charge >= 0.3 is 0 Å². The molecule has 2 atom stereocenters. The Morgan fingerprint density at radius 3 is 2.89 bits per heavy atom. The molecule has 1 aliphatic rings. The Bertz CT molecular complexity index is 364. The molecular weight excluding hydrogens is 222 g/mol. The van der Waals surface area contributed by atoms with Crippen LogP contribution in [0.25, 0.3) is 0 Å². The zero-order valence-corrected chi connectivity index (χ0v) is 11.6. The lowest BCUT2D eigenvalue weighted by Gasteiger charge is -2.33. The average Bonchev–Trinajstić information content (AvgIpc) is 2.45. The van der Waals surface area contributed by atoms with Crippen molar-refractivity contribution < 1.29 is 4.74 Å². The van der Waals surface area contributed by atoms with Gasteiger partial charge in [-0.1, -0.05) is 31.9 Å². The number of rotatable bonds is 5. The molecule has 2 nitrogen and oxygen atoms in total. The Morgan fingerprint density at radius 1 is 1.28 bits per heavy atom. The molecule has 1 fully saturated rings. The summed E-state index contributed by atoms with van der Waals surface area (Å²) in [5.74, 6) is 1.63. The molecule has 1 saturated carbocycles. The Kier molecular flexibility index (Phi) is 5.06. The summed E-state index contributed by atoms with van der Waals surface area (Å²) in [4.78, 5) is 0. The monoisotopic (exact) mass is 247 g/mol. The largest absolute Gasteiger partial charge is 0.497 e. The molecule has 1 aliphatic carbocycles. The van der Waals surface area contributed by atoms with E-state index in [2.05, 4.69) is 30.4 Å².